The van der Waals surface area contributed by atoms with Gasteiger partial charge in [0, 0.05) is 20.0 Å². The zero-order valence-corrected chi connectivity index (χ0v) is 19.8. The molecule has 1 unspecified atom stereocenters. The molecule has 35 heavy (non-hydrogen) atoms. The van der Waals surface area contributed by atoms with Crippen molar-refractivity contribution >= 4 is 34.8 Å². The molecule has 1 fully saturated rings. The molecule has 2 heterocycles. The highest BCUT2D eigenvalue weighted by molar-refractivity contribution is 6.00. The standard InChI is InChI=1S/C23H32N4O8/c1-26-21-17(24-7-9-32-11-13-34-15-16-35-14-12-33-10-8-28)3-2-4-18(21)27(23(26)31)19-5-6-20(29)25-22(19)30/h2-4,8,19,24H,5-7,9-16H2,1H3,(H,25,29,30). The molecule has 2 aromatic rings. The minimum atomic E-state index is -0.719. The summed E-state index contributed by atoms with van der Waals surface area (Å²) >= 11 is 0. The monoisotopic (exact) mass is 492 g/mol. The van der Waals surface area contributed by atoms with Crippen LogP contribution < -0.4 is 16.3 Å². The molecule has 1 aliphatic heterocycles. The van der Waals surface area contributed by atoms with Crippen LogP contribution in [-0.2, 0) is 40.4 Å². The van der Waals surface area contributed by atoms with Gasteiger partial charge in [0.25, 0.3) is 0 Å². The lowest BCUT2D eigenvalue weighted by atomic mass is 10.1. The van der Waals surface area contributed by atoms with Crippen LogP contribution in [0.15, 0.2) is 23.0 Å². The topological polar surface area (TPSA) is 139 Å². The lowest BCUT2D eigenvalue weighted by Gasteiger charge is -2.22. The van der Waals surface area contributed by atoms with E-state index in [9.17, 15) is 19.2 Å². The maximum absolute atomic E-state index is 12.9. The van der Waals surface area contributed by atoms with Gasteiger partial charge in [-0.05, 0) is 18.6 Å². The molecule has 3 rings (SSSR count). The molecule has 1 aliphatic rings. The van der Waals surface area contributed by atoms with E-state index in [4.69, 9.17) is 18.9 Å². The summed E-state index contributed by atoms with van der Waals surface area (Å²) in [6.45, 7) is 3.56. The molecule has 2 amide bonds. The van der Waals surface area contributed by atoms with E-state index < -0.39 is 11.9 Å². The van der Waals surface area contributed by atoms with Gasteiger partial charge in [0.15, 0.2) is 0 Å². The zero-order valence-electron chi connectivity index (χ0n) is 19.8. The average Bonchev–Trinajstić information content (AvgIpc) is 3.10. The Kier molecular flexibility index (Phi) is 10.4. The van der Waals surface area contributed by atoms with Gasteiger partial charge in [-0.15, -0.1) is 0 Å². The summed E-state index contributed by atoms with van der Waals surface area (Å²) in [6.07, 6.45) is 1.18. The summed E-state index contributed by atoms with van der Waals surface area (Å²) in [5.74, 6) is -0.780. The van der Waals surface area contributed by atoms with Crippen molar-refractivity contribution in [2.75, 3.05) is 64.7 Å². The first-order chi connectivity index (χ1) is 17.0. The Morgan fingerprint density at radius 2 is 1.66 bits per heavy atom. The smallest absolute Gasteiger partial charge is 0.329 e. The fourth-order valence-electron chi connectivity index (χ4n) is 3.86. The van der Waals surface area contributed by atoms with Gasteiger partial charge in [-0.1, -0.05) is 6.07 Å². The van der Waals surface area contributed by atoms with Crippen molar-refractivity contribution in [3.63, 3.8) is 0 Å². The summed E-state index contributed by atoms with van der Waals surface area (Å²) < 4.78 is 24.2. The number of nitrogens with zero attached hydrogens (tertiary/aromatic N) is 2. The molecule has 12 nitrogen and oxygen atoms in total. The number of aldehydes is 1. The number of nitrogens with one attached hydrogen (secondary N) is 2. The molecule has 1 saturated heterocycles. The number of imide groups is 1. The van der Waals surface area contributed by atoms with E-state index in [0.717, 1.165) is 5.69 Å². The highest BCUT2D eigenvalue weighted by Crippen LogP contribution is 2.27. The maximum atomic E-state index is 12.9. The van der Waals surface area contributed by atoms with Gasteiger partial charge in [-0.2, -0.15) is 0 Å². The number of aryl methyl sites for hydroxylation is 1. The number of anilines is 1. The predicted molar refractivity (Wildman–Crippen MR) is 126 cm³/mol. The van der Waals surface area contributed by atoms with Crippen molar-refractivity contribution in [3.05, 3.63) is 28.7 Å². The zero-order chi connectivity index (χ0) is 25.0. The number of rotatable bonds is 16. The van der Waals surface area contributed by atoms with Crippen LogP contribution in [0.5, 0.6) is 0 Å². The van der Waals surface area contributed by atoms with Gasteiger partial charge in [0.1, 0.15) is 18.9 Å². The molecular formula is C23H32N4O8. The molecule has 12 heteroatoms. The van der Waals surface area contributed by atoms with Crippen LogP contribution >= 0.6 is 0 Å². The molecule has 1 atom stereocenters. The number of ether oxygens (including phenoxy) is 4. The van der Waals surface area contributed by atoms with E-state index in [2.05, 4.69) is 10.6 Å². The van der Waals surface area contributed by atoms with E-state index >= 15 is 0 Å². The van der Waals surface area contributed by atoms with Gasteiger partial charge in [0.05, 0.1) is 63.0 Å². The van der Waals surface area contributed by atoms with Gasteiger partial charge < -0.3 is 29.1 Å². The number of para-hydroxylation sites is 1. The van der Waals surface area contributed by atoms with E-state index in [0.29, 0.717) is 76.5 Å². The van der Waals surface area contributed by atoms with E-state index in [-0.39, 0.29) is 24.6 Å². The summed E-state index contributed by atoms with van der Waals surface area (Å²) in [5, 5.41) is 5.60. The lowest BCUT2D eigenvalue weighted by Crippen LogP contribution is -2.44. The minimum Gasteiger partial charge on any atom is -0.381 e. The normalized spacial score (nSPS) is 16.0. The molecule has 1 aromatic carbocycles. The number of carbonyl (C=O) groups is 3. The van der Waals surface area contributed by atoms with Crippen LogP contribution in [0.2, 0.25) is 0 Å². The number of hydrogen-bond donors (Lipinski definition) is 2. The summed E-state index contributed by atoms with van der Waals surface area (Å²) in [7, 11) is 1.66. The first kappa shape index (κ1) is 26.5. The van der Waals surface area contributed by atoms with E-state index in [1.54, 1.807) is 13.1 Å². The third-order valence-corrected chi connectivity index (χ3v) is 5.49. The number of benzene rings is 1. The number of amides is 2. The van der Waals surface area contributed by atoms with Crippen LogP contribution in [0.3, 0.4) is 0 Å². The second-order valence-electron chi connectivity index (χ2n) is 7.86. The summed E-state index contributed by atoms with van der Waals surface area (Å²) in [4.78, 5) is 46.9. The molecule has 0 spiro atoms. The molecular weight excluding hydrogens is 460 g/mol. The van der Waals surface area contributed by atoms with Crippen molar-refractivity contribution in [2.24, 2.45) is 7.05 Å². The Balaban J connectivity index is 1.41. The molecule has 0 aliphatic carbocycles. The third kappa shape index (κ3) is 7.21. The Bertz CT molecular complexity index is 1060. The quantitative estimate of drug-likeness (QED) is 0.188. The SMILES string of the molecule is Cn1c(=O)n(C2CCC(=O)NC2=O)c2cccc(NCCOCCOCCOCCOCC=O)c21. The predicted octanol–water partition coefficient (Wildman–Crippen LogP) is -0.00510. The average molecular weight is 493 g/mol. The van der Waals surface area contributed by atoms with Gasteiger partial charge in [-0.3, -0.25) is 24.0 Å². The second-order valence-corrected chi connectivity index (χ2v) is 7.86. The molecule has 0 radical (unpaired) electrons. The Morgan fingerprint density at radius 1 is 1.00 bits per heavy atom. The first-order valence-corrected chi connectivity index (χ1v) is 11.6. The summed E-state index contributed by atoms with van der Waals surface area (Å²) in [6, 6.07) is 4.76. The van der Waals surface area contributed by atoms with Crippen molar-refractivity contribution in [2.45, 2.75) is 18.9 Å². The molecule has 1 aromatic heterocycles. The second kappa shape index (κ2) is 13.7. The molecule has 0 saturated carbocycles. The molecule has 2 N–H and O–H groups in total. The largest absolute Gasteiger partial charge is 0.381 e. The number of piperidine rings is 1. The Labute approximate surface area is 202 Å². The van der Waals surface area contributed by atoms with Crippen molar-refractivity contribution in [3.8, 4) is 0 Å². The minimum absolute atomic E-state index is 0.0778. The molecule has 192 valence electrons. The lowest BCUT2D eigenvalue weighted by molar-refractivity contribution is -0.135. The number of carbonyl (C=O) groups excluding carboxylic acids is 3. The number of imidazole rings is 1. The molecule has 0 bridgehead atoms. The van der Waals surface area contributed by atoms with Crippen LogP contribution in [0.1, 0.15) is 18.9 Å². The van der Waals surface area contributed by atoms with Gasteiger partial charge in [0.2, 0.25) is 11.8 Å². The van der Waals surface area contributed by atoms with Gasteiger partial charge in [-0.25, -0.2) is 4.79 Å². The third-order valence-electron chi connectivity index (χ3n) is 5.49. The van der Waals surface area contributed by atoms with Crippen molar-refractivity contribution < 1.29 is 33.3 Å². The van der Waals surface area contributed by atoms with Crippen molar-refractivity contribution in [1.29, 1.82) is 0 Å². The number of hydrogen-bond acceptors (Lipinski definition) is 9. The van der Waals surface area contributed by atoms with Crippen LogP contribution in [0.4, 0.5) is 5.69 Å². The Morgan fingerprint density at radius 3 is 2.31 bits per heavy atom. The number of fused-ring (bicyclic) bond motifs is 1. The fourth-order valence-corrected chi connectivity index (χ4v) is 3.86. The van der Waals surface area contributed by atoms with Crippen LogP contribution in [-0.4, -0.2) is 86.6 Å². The van der Waals surface area contributed by atoms with Crippen LogP contribution in [0.25, 0.3) is 11.0 Å². The van der Waals surface area contributed by atoms with E-state index in [1.807, 2.05) is 12.1 Å². The van der Waals surface area contributed by atoms with Crippen LogP contribution in [0, 0.1) is 0 Å². The maximum Gasteiger partial charge on any atom is 0.329 e. The Hall–Kier alpha value is -3.06. The number of aromatic nitrogens is 2. The first-order valence-electron chi connectivity index (χ1n) is 11.6. The van der Waals surface area contributed by atoms with Gasteiger partial charge >= 0.3 is 5.69 Å². The van der Waals surface area contributed by atoms with E-state index in [1.165, 1.54) is 9.13 Å². The fraction of sp³-hybridized carbons (Fsp3) is 0.565. The summed E-state index contributed by atoms with van der Waals surface area (Å²) in [5.41, 5.74) is 1.75. The highest BCUT2D eigenvalue weighted by Gasteiger charge is 2.31. The van der Waals surface area contributed by atoms with Crippen molar-refractivity contribution in [1.82, 2.24) is 14.5 Å². The highest BCUT2D eigenvalue weighted by atomic mass is 16.6.